The number of fused-ring (bicyclic) bond motifs is 1. The molecule has 1 heterocycles. The van der Waals surface area contributed by atoms with Crippen LogP contribution >= 0.6 is 11.6 Å². The van der Waals surface area contributed by atoms with Crippen molar-refractivity contribution in [1.82, 2.24) is 0 Å². The number of rotatable bonds is 4. The molecule has 0 radical (unpaired) electrons. The van der Waals surface area contributed by atoms with Gasteiger partial charge in [-0.2, -0.15) is 0 Å². The molecule has 0 saturated carbocycles. The standard InChI is InChI=1S/C12H11ClO6/c1-6(13)4-7-2-3-8-9(5-7)19-12(18-8,10(14)15)11(16)17/h2-3,5-6H,4H2,1H3,(H,14,15)(H,16,17). The lowest BCUT2D eigenvalue weighted by Gasteiger charge is -2.16. The Morgan fingerprint density at radius 1 is 1.26 bits per heavy atom. The van der Waals surface area contributed by atoms with Crippen molar-refractivity contribution in [3.05, 3.63) is 23.8 Å². The number of halogens is 1. The van der Waals surface area contributed by atoms with E-state index in [9.17, 15) is 9.59 Å². The molecule has 2 rings (SSSR count). The Labute approximate surface area is 113 Å². The van der Waals surface area contributed by atoms with Crippen molar-refractivity contribution in [1.29, 1.82) is 0 Å². The molecule has 0 amide bonds. The highest BCUT2D eigenvalue weighted by molar-refractivity contribution is 6.20. The average Bonchev–Trinajstić information content (AvgIpc) is 2.68. The minimum Gasteiger partial charge on any atom is -0.475 e. The van der Waals surface area contributed by atoms with Crippen LogP contribution in [0.2, 0.25) is 0 Å². The van der Waals surface area contributed by atoms with Gasteiger partial charge in [-0.1, -0.05) is 6.07 Å². The molecule has 0 aromatic heterocycles. The SMILES string of the molecule is CC(Cl)Cc1ccc2c(c1)OC(C(=O)O)(C(=O)O)O2. The predicted molar refractivity (Wildman–Crippen MR) is 64.7 cm³/mol. The van der Waals surface area contributed by atoms with Gasteiger partial charge in [0.1, 0.15) is 0 Å². The van der Waals surface area contributed by atoms with Gasteiger partial charge in [-0.15, -0.1) is 11.6 Å². The Balaban J connectivity index is 2.34. The molecule has 1 aromatic rings. The fourth-order valence-corrected chi connectivity index (χ4v) is 1.94. The third-order valence-corrected chi connectivity index (χ3v) is 2.75. The number of hydrogen-bond donors (Lipinski definition) is 2. The molecular weight excluding hydrogens is 276 g/mol. The number of alkyl halides is 1. The third-order valence-electron chi connectivity index (χ3n) is 2.60. The van der Waals surface area contributed by atoms with E-state index in [0.717, 1.165) is 5.56 Å². The van der Waals surface area contributed by atoms with Gasteiger partial charge in [0.2, 0.25) is 0 Å². The molecule has 0 bridgehead atoms. The molecule has 1 aliphatic rings. The summed E-state index contributed by atoms with van der Waals surface area (Å²) in [5.74, 6) is -5.99. The van der Waals surface area contributed by atoms with E-state index in [1.54, 1.807) is 6.07 Å². The summed E-state index contributed by atoms with van der Waals surface area (Å²) in [4.78, 5) is 22.1. The van der Waals surface area contributed by atoms with Crippen molar-refractivity contribution in [3.8, 4) is 11.5 Å². The molecule has 1 unspecified atom stereocenters. The Kier molecular flexibility index (Phi) is 3.28. The Morgan fingerprint density at radius 2 is 1.84 bits per heavy atom. The first-order valence-corrected chi connectivity index (χ1v) is 5.90. The van der Waals surface area contributed by atoms with E-state index in [1.807, 2.05) is 6.92 Å². The molecule has 7 heteroatoms. The molecule has 6 nitrogen and oxygen atoms in total. The van der Waals surface area contributed by atoms with Crippen molar-refractivity contribution in [3.63, 3.8) is 0 Å². The van der Waals surface area contributed by atoms with Gasteiger partial charge in [0.05, 0.1) is 0 Å². The molecule has 19 heavy (non-hydrogen) atoms. The van der Waals surface area contributed by atoms with Crippen LogP contribution in [0.25, 0.3) is 0 Å². The maximum Gasteiger partial charge on any atom is 0.453 e. The summed E-state index contributed by atoms with van der Waals surface area (Å²) in [5.41, 5.74) is 0.802. The van der Waals surface area contributed by atoms with Gasteiger partial charge in [-0.05, 0) is 31.0 Å². The number of carboxylic acid groups (broad SMARTS) is 2. The van der Waals surface area contributed by atoms with Crippen molar-refractivity contribution in [2.75, 3.05) is 0 Å². The quantitative estimate of drug-likeness (QED) is 0.643. The van der Waals surface area contributed by atoms with Crippen LogP contribution in [0.3, 0.4) is 0 Å². The maximum absolute atomic E-state index is 11.0. The summed E-state index contributed by atoms with van der Waals surface area (Å²) in [6, 6.07) is 4.68. The molecule has 0 aliphatic carbocycles. The summed E-state index contributed by atoms with van der Waals surface area (Å²) >= 11 is 5.86. The Hall–Kier alpha value is -1.95. The van der Waals surface area contributed by atoms with Crippen LogP contribution in [0, 0.1) is 0 Å². The lowest BCUT2D eigenvalue weighted by Crippen LogP contribution is -2.54. The zero-order valence-corrected chi connectivity index (χ0v) is 10.7. The summed E-state index contributed by atoms with van der Waals surface area (Å²) < 4.78 is 9.90. The average molecular weight is 287 g/mol. The van der Waals surface area contributed by atoms with Gasteiger partial charge in [0.25, 0.3) is 0 Å². The smallest absolute Gasteiger partial charge is 0.453 e. The molecule has 0 fully saturated rings. The second-order valence-corrected chi connectivity index (χ2v) is 4.94. The molecule has 1 aromatic carbocycles. The normalized spacial score (nSPS) is 16.9. The van der Waals surface area contributed by atoms with E-state index in [4.69, 9.17) is 31.3 Å². The zero-order valence-electron chi connectivity index (χ0n) is 9.92. The fourth-order valence-electron chi connectivity index (χ4n) is 1.76. The lowest BCUT2D eigenvalue weighted by molar-refractivity contribution is -0.194. The predicted octanol–water partition coefficient (Wildman–Crippen LogP) is 1.49. The zero-order chi connectivity index (χ0) is 14.2. The molecule has 2 N–H and O–H groups in total. The fraction of sp³-hybridized carbons (Fsp3) is 0.333. The molecule has 1 aliphatic heterocycles. The van der Waals surface area contributed by atoms with E-state index < -0.39 is 17.7 Å². The maximum atomic E-state index is 11.0. The molecule has 0 spiro atoms. The van der Waals surface area contributed by atoms with E-state index >= 15 is 0 Å². The topological polar surface area (TPSA) is 93.1 Å². The summed E-state index contributed by atoms with van der Waals surface area (Å²) in [6.45, 7) is 1.81. The monoisotopic (exact) mass is 286 g/mol. The number of hydrogen-bond acceptors (Lipinski definition) is 4. The minimum atomic E-state index is -2.71. The van der Waals surface area contributed by atoms with E-state index in [0.29, 0.717) is 6.42 Å². The number of carboxylic acids is 2. The second-order valence-electron chi connectivity index (χ2n) is 4.20. The first kappa shape index (κ1) is 13.5. The molecule has 102 valence electrons. The molecule has 1 atom stereocenters. The van der Waals surface area contributed by atoms with Gasteiger partial charge >= 0.3 is 17.7 Å². The van der Waals surface area contributed by atoms with Gasteiger partial charge < -0.3 is 19.7 Å². The van der Waals surface area contributed by atoms with Crippen LogP contribution in [0.4, 0.5) is 0 Å². The van der Waals surface area contributed by atoms with Crippen LogP contribution in [-0.2, 0) is 16.0 Å². The van der Waals surface area contributed by atoms with E-state index in [-0.39, 0.29) is 16.9 Å². The van der Waals surface area contributed by atoms with E-state index in [1.165, 1.54) is 12.1 Å². The van der Waals surface area contributed by atoms with Crippen molar-refractivity contribution < 1.29 is 29.3 Å². The van der Waals surface area contributed by atoms with Crippen molar-refractivity contribution in [2.24, 2.45) is 0 Å². The largest absolute Gasteiger partial charge is 0.475 e. The minimum absolute atomic E-state index is 0.0794. The first-order valence-electron chi connectivity index (χ1n) is 5.47. The second kappa shape index (κ2) is 4.62. The van der Waals surface area contributed by atoms with Gasteiger partial charge in [0.15, 0.2) is 11.5 Å². The highest BCUT2D eigenvalue weighted by Gasteiger charge is 2.57. The highest BCUT2D eigenvalue weighted by atomic mass is 35.5. The van der Waals surface area contributed by atoms with Crippen LogP contribution in [0.1, 0.15) is 12.5 Å². The van der Waals surface area contributed by atoms with E-state index in [2.05, 4.69) is 0 Å². The first-order chi connectivity index (χ1) is 8.85. The van der Waals surface area contributed by atoms with Crippen LogP contribution < -0.4 is 9.47 Å². The Bertz CT molecular complexity index is 525. The van der Waals surface area contributed by atoms with Gasteiger partial charge in [-0.3, -0.25) is 0 Å². The number of carbonyl (C=O) groups is 2. The highest BCUT2D eigenvalue weighted by Crippen LogP contribution is 2.40. The number of benzene rings is 1. The van der Waals surface area contributed by atoms with Crippen molar-refractivity contribution in [2.45, 2.75) is 24.5 Å². The summed E-state index contributed by atoms with van der Waals surface area (Å²) in [7, 11) is 0. The lowest BCUT2D eigenvalue weighted by atomic mass is 10.1. The van der Waals surface area contributed by atoms with Gasteiger partial charge in [0, 0.05) is 5.38 Å². The summed E-state index contributed by atoms with van der Waals surface area (Å²) in [5, 5.41) is 17.8. The third kappa shape index (κ3) is 2.31. The van der Waals surface area contributed by atoms with Crippen LogP contribution in [-0.4, -0.2) is 33.3 Å². The van der Waals surface area contributed by atoms with Crippen molar-refractivity contribution >= 4 is 23.5 Å². The van der Waals surface area contributed by atoms with Crippen LogP contribution in [0.5, 0.6) is 11.5 Å². The molecule has 0 saturated heterocycles. The van der Waals surface area contributed by atoms with Crippen LogP contribution in [0.15, 0.2) is 18.2 Å². The number of ether oxygens (including phenoxy) is 2. The summed E-state index contributed by atoms with van der Waals surface area (Å²) in [6.07, 6.45) is 0.547. The Morgan fingerprint density at radius 3 is 2.37 bits per heavy atom. The molecular formula is C12H11ClO6. The number of aliphatic carboxylic acids is 2. The van der Waals surface area contributed by atoms with Gasteiger partial charge in [-0.25, -0.2) is 9.59 Å².